The Morgan fingerprint density at radius 1 is 0.820 bits per heavy atom. The first-order chi connectivity index (χ1) is 24.2. The zero-order valence-corrected chi connectivity index (χ0v) is 27.6. The van der Waals surface area contributed by atoms with Crippen molar-refractivity contribution in [2.24, 2.45) is 11.8 Å². The van der Waals surface area contributed by atoms with Gasteiger partial charge in [-0.15, -0.1) is 0 Å². The second kappa shape index (κ2) is 18.2. The van der Waals surface area contributed by atoms with Crippen molar-refractivity contribution in [3.05, 3.63) is 112 Å². The lowest BCUT2D eigenvalue weighted by Crippen LogP contribution is -2.34. The molecule has 2 amide bonds. The highest BCUT2D eigenvalue weighted by molar-refractivity contribution is 5.74. The van der Waals surface area contributed by atoms with Gasteiger partial charge in [-0.25, -0.2) is 14.0 Å². The van der Waals surface area contributed by atoms with E-state index in [-0.39, 0.29) is 43.3 Å². The number of alkyl carbamates (subject to hydrolysis) is 2. The summed E-state index contributed by atoms with van der Waals surface area (Å²) in [6.07, 6.45) is -0.849. The number of amides is 2. The predicted molar refractivity (Wildman–Crippen MR) is 184 cm³/mol. The third-order valence-corrected chi connectivity index (χ3v) is 8.67. The molecule has 4 aromatic rings. The second-order valence-corrected chi connectivity index (χ2v) is 12.3. The SMILES string of the molecule is O=C(NC[C@H]1CN(CCn2c(=O)ccc3ncc(F)cc32)C[C@H]1O)OCc1ccccc1.O=C(NC[C@H]1CNC[C@H]1O)OCc1ccccc1. The first-order valence-electron chi connectivity index (χ1n) is 16.6. The van der Waals surface area contributed by atoms with Crippen LogP contribution in [0, 0.1) is 17.7 Å². The van der Waals surface area contributed by atoms with E-state index in [9.17, 15) is 29.0 Å². The maximum atomic E-state index is 13.6. The number of aliphatic hydroxyl groups excluding tert-OH is 2. The summed E-state index contributed by atoms with van der Waals surface area (Å²) in [5.41, 5.74) is 2.60. The normalized spacial score (nSPS) is 20.1. The molecule has 0 unspecified atom stereocenters. The zero-order valence-electron chi connectivity index (χ0n) is 27.6. The number of halogens is 1. The summed E-state index contributed by atoms with van der Waals surface area (Å²) in [5.74, 6) is -0.587. The number of hydrogen-bond acceptors (Lipinski definition) is 10. The molecule has 2 aliphatic heterocycles. The molecule has 4 heterocycles. The van der Waals surface area contributed by atoms with Crippen LogP contribution in [-0.4, -0.2) is 94.9 Å². The number of rotatable bonds is 11. The van der Waals surface area contributed by atoms with Crippen molar-refractivity contribution in [3.63, 3.8) is 0 Å². The Morgan fingerprint density at radius 2 is 1.44 bits per heavy atom. The van der Waals surface area contributed by atoms with Crippen molar-refractivity contribution in [1.29, 1.82) is 0 Å². The van der Waals surface area contributed by atoms with Gasteiger partial charge in [0.15, 0.2) is 0 Å². The van der Waals surface area contributed by atoms with Gasteiger partial charge in [0.25, 0.3) is 5.56 Å². The molecule has 4 atom stereocenters. The van der Waals surface area contributed by atoms with E-state index in [1.807, 2.05) is 65.6 Å². The van der Waals surface area contributed by atoms with Gasteiger partial charge in [-0.3, -0.25) is 14.7 Å². The van der Waals surface area contributed by atoms with Gasteiger partial charge in [0.1, 0.15) is 19.0 Å². The largest absolute Gasteiger partial charge is 0.445 e. The van der Waals surface area contributed by atoms with Crippen LogP contribution in [-0.2, 0) is 29.2 Å². The molecule has 2 aromatic carbocycles. The molecule has 0 saturated carbocycles. The number of benzene rings is 2. The van der Waals surface area contributed by atoms with Crippen LogP contribution < -0.4 is 21.5 Å². The fraction of sp³-hybridized carbons (Fsp3) is 0.389. The van der Waals surface area contributed by atoms with Gasteiger partial charge in [-0.2, -0.15) is 0 Å². The lowest BCUT2D eigenvalue weighted by atomic mass is 10.1. The third-order valence-electron chi connectivity index (χ3n) is 8.67. The Kier molecular flexibility index (Phi) is 13.2. The summed E-state index contributed by atoms with van der Waals surface area (Å²) in [6, 6.07) is 23.2. The van der Waals surface area contributed by atoms with Crippen LogP contribution in [0.15, 0.2) is 89.9 Å². The zero-order chi connectivity index (χ0) is 35.3. The van der Waals surface area contributed by atoms with E-state index in [0.29, 0.717) is 50.3 Å². The predicted octanol–water partition coefficient (Wildman–Crippen LogP) is 2.25. The smallest absolute Gasteiger partial charge is 0.407 e. The maximum Gasteiger partial charge on any atom is 0.407 e. The molecular formula is C36H43FN6O7. The maximum absolute atomic E-state index is 13.6. The molecule has 0 spiro atoms. The molecule has 266 valence electrons. The first-order valence-corrected chi connectivity index (χ1v) is 16.6. The number of nitrogens with zero attached hydrogens (tertiary/aromatic N) is 3. The molecule has 5 N–H and O–H groups in total. The van der Waals surface area contributed by atoms with Crippen molar-refractivity contribution in [2.75, 3.05) is 45.8 Å². The molecule has 2 saturated heterocycles. The van der Waals surface area contributed by atoms with Crippen LogP contribution in [0.3, 0.4) is 0 Å². The Hall–Kier alpha value is -4.89. The van der Waals surface area contributed by atoms with E-state index in [1.54, 1.807) is 6.07 Å². The van der Waals surface area contributed by atoms with Crippen molar-refractivity contribution in [1.82, 2.24) is 30.4 Å². The number of fused-ring (bicyclic) bond motifs is 1. The van der Waals surface area contributed by atoms with Crippen molar-refractivity contribution >= 4 is 23.2 Å². The molecule has 0 radical (unpaired) electrons. The minimum absolute atomic E-state index is 0.0641. The summed E-state index contributed by atoms with van der Waals surface area (Å²) in [7, 11) is 0. The molecule has 2 aromatic heterocycles. The minimum Gasteiger partial charge on any atom is -0.445 e. The number of aromatic nitrogens is 2. The van der Waals surface area contributed by atoms with Crippen LogP contribution in [0.4, 0.5) is 14.0 Å². The third kappa shape index (κ3) is 10.8. The Morgan fingerprint density at radius 3 is 2.04 bits per heavy atom. The number of hydrogen-bond donors (Lipinski definition) is 5. The van der Waals surface area contributed by atoms with Crippen molar-refractivity contribution < 1.29 is 33.7 Å². The van der Waals surface area contributed by atoms with Crippen LogP contribution in [0.5, 0.6) is 0 Å². The van der Waals surface area contributed by atoms with Crippen LogP contribution >= 0.6 is 0 Å². The Balaban J connectivity index is 0.000000228. The van der Waals surface area contributed by atoms with E-state index in [4.69, 9.17) is 9.47 Å². The lowest BCUT2D eigenvalue weighted by molar-refractivity contribution is 0.123. The molecule has 6 rings (SSSR count). The van der Waals surface area contributed by atoms with E-state index in [0.717, 1.165) is 23.9 Å². The number of nitrogens with one attached hydrogen (secondary N) is 3. The van der Waals surface area contributed by atoms with Gasteiger partial charge in [0.2, 0.25) is 0 Å². The van der Waals surface area contributed by atoms with Gasteiger partial charge in [-0.05, 0) is 17.2 Å². The Bertz CT molecular complexity index is 1750. The highest BCUT2D eigenvalue weighted by atomic mass is 19.1. The summed E-state index contributed by atoms with van der Waals surface area (Å²) in [5, 5.41) is 28.4. The standard InChI is InChI=1S/C23H25FN4O4.C13H18N2O3/c24-18-10-20-19(25-12-18)6-7-22(30)28(20)9-8-27-13-17(21(29)14-27)11-26-23(31)32-15-16-4-2-1-3-5-16;16-12-8-14-6-11(12)7-15-13(17)18-9-10-4-2-1-3-5-10/h1-7,10,12,17,21,29H,8-9,11,13-15H2,(H,26,31);1-5,11-12,14,16H,6-9H2,(H,15,17)/t17-,21+;11-,12-/m01/s1. The van der Waals surface area contributed by atoms with Crippen LogP contribution in [0.1, 0.15) is 11.1 Å². The number of aliphatic hydroxyl groups is 2. The monoisotopic (exact) mass is 690 g/mol. The number of β-amino-alcohol motifs (C(OH)–C–C–N with tert-alkyl or cyclic N) is 2. The summed E-state index contributed by atoms with van der Waals surface area (Å²) < 4.78 is 25.4. The van der Waals surface area contributed by atoms with Crippen molar-refractivity contribution in [2.45, 2.75) is 32.0 Å². The number of likely N-dealkylation sites (tertiary alicyclic amines) is 1. The highest BCUT2D eigenvalue weighted by Gasteiger charge is 2.31. The van der Waals surface area contributed by atoms with Gasteiger partial charge in [0, 0.05) is 76.3 Å². The fourth-order valence-electron chi connectivity index (χ4n) is 5.84. The quantitative estimate of drug-likeness (QED) is 0.158. The average Bonchev–Trinajstić information content (AvgIpc) is 3.71. The molecular weight excluding hydrogens is 647 g/mol. The summed E-state index contributed by atoms with van der Waals surface area (Å²) in [6.45, 7) is 4.31. The molecule has 2 aliphatic rings. The molecule has 0 bridgehead atoms. The van der Waals surface area contributed by atoms with Crippen LogP contribution in [0.25, 0.3) is 11.0 Å². The summed E-state index contributed by atoms with van der Waals surface area (Å²) >= 11 is 0. The molecule has 2 fully saturated rings. The van der Waals surface area contributed by atoms with Gasteiger partial charge < -0.3 is 40.2 Å². The number of ether oxygens (including phenoxy) is 2. The number of carbonyl (C=O) groups excluding carboxylic acids is 2. The van der Waals surface area contributed by atoms with E-state index >= 15 is 0 Å². The Labute approximate surface area is 289 Å². The average molecular weight is 691 g/mol. The van der Waals surface area contributed by atoms with E-state index in [1.165, 1.54) is 16.7 Å². The van der Waals surface area contributed by atoms with E-state index in [2.05, 4.69) is 20.9 Å². The van der Waals surface area contributed by atoms with Gasteiger partial charge >= 0.3 is 12.2 Å². The molecule has 0 aliphatic carbocycles. The second-order valence-electron chi connectivity index (χ2n) is 12.3. The molecule has 13 nitrogen and oxygen atoms in total. The van der Waals surface area contributed by atoms with Crippen molar-refractivity contribution in [3.8, 4) is 0 Å². The van der Waals surface area contributed by atoms with Gasteiger partial charge in [0.05, 0.1) is 29.4 Å². The number of pyridine rings is 2. The molecule has 14 heteroatoms. The van der Waals surface area contributed by atoms with Crippen LogP contribution in [0.2, 0.25) is 0 Å². The lowest BCUT2D eigenvalue weighted by Gasteiger charge is -2.17. The first kappa shape index (κ1) is 36.4. The number of carbonyl (C=O) groups is 2. The minimum atomic E-state index is -0.604. The topological polar surface area (TPSA) is 167 Å². The summed E-state index contributed by atoms with van der Waals surface area (Å²) in [4.78, 5) is 41.7. The fourth-order valence-corrected chi connectivity index (χ4v) is 5.84. The van der Waals surface area contributed by atoms with E-state index < -0.39 is 24.1 Å². The highest BCUT2D eigenvalue weighted by Crippen LogP contribution is 2.17. The molecule has 50 heavy (non-hydrogen) atoms. The van der Waals surface area contributed by atoms with Gasteiger partial charge in [-0.1, -0.05) is 60.7 Å².